The van der Waals surface area contributed by atoms with E-state index < -0.39 is 0 Å². The summed E-state index contributed by atoms with van der Waals surface area (Å²) in [4.78, 5) is 4.73. The topological polar surface area (TPSA) is 24.9 Å². The fourth-order valence-electron chi connectivity index (χ4n) is 2.10. The molecular formula is C16H21FN2S. The van der Waals surface area contributed by atoms with Crippen molar-refractivity contribution >= 4 is 11.3 Å². The SMILES string of the molecule is CNC(c1nc(C(C)(C)C)cs1)c1cc(F)ccc1C. The molecule has 0 spiro atoms. The first-order valence-corrected chi connectivity index (χ1v) is 7.60. The number of aromatic nitrogens is 1. The highest BCUT2D eigenvalue weighted by Gasteiger charge is 2.22. The maximum absolute atomic E-state index is 13.5. The van der Waals surface area contributed by atoms with E-state index in [1.807, 2.05) is 20.0 Å². The Hall–Kier alpha value is -1.26. The fraction of sp³-hybridized carbons (Fsp3) is 0.438. The Balaban J connectivity index is 2.42. The lowest BCUT2D eigenvalue weighted by Crippen LogP contribution is -2.19. The van der Waals surface area contributed by atoms with E-state index >= 15 is 0 Å². The highest BCUT2D eigenvalue weighted by atomic mass is 32.1. The van der Waals surface area contributed by atoms with Crippen LogP contribution >= 0.6 is 11.3 Å². The molecule has 1 aromatic carbocycles. The molecule has 1 aromatic heterocycles. The summed E-state index contributed by atoms with van der Waals surface area (Å²) in [6.07, 6.45) is 0. The molecule has 0 amide bonds. The Morgan fingerprint density at radius 3 is 2.55 bits per heavy atom. The molecule has 1 unspecified atom stereocenters. The minimum atomic E-state index is -0.210. The zero-order valence-electron chi connectivity index (χ0n) is 12.6. The van der Waals surface area contributed by atoms with Gasteiger partial charge in [-0.15, -0.1) is 11.3 Å². The maximum Gasteiger partial charge on any atom is 0.123 e. The molecular weight excluding hydrogens is 271 g/mol. The van der Waals surface area contributed by atoms with Crippen molar-refractivity contribution in [1.82, 2.24) is 10.3 Å². The summed E-state index contributed by atoms with van der Waals surface area (Å²) in [5.41, 5.74) is 3.12. The zero-order chi connectivity index (χ0) is 14.9. The van der Waals surface area contributed by atoms with Crippen LogP contribution in [-0.2, 0) is 5.41 Å². The number of hydrogen-bond acceptors (Lipinski definition) is 3. The number of hydrogen-bond donors (Lipinski definition) is 1. The van der Waals surface area contributed by atoms with Crippen molar-refractivity contribution in [2.75, 3.05) is 7.05 Å². The second kappa shape index (κ2) is 5.62. The third-order valence-electron chi connectivity index (χ3n) is 3.38. The molecule has 2 nitrogen and oxygen atoms in total. The third kappa shape index (κ3) is 3.07. The number of benzene rings is 1. The summed E-state index contributed by atoms with van der Waals surface area (Å²) >= 11 is 1.62. The van der Waals surface area contributed by atoms with Crippen LogP contribution in [0, 0.1) is 12.7 Å². The molecule has 1 N–H and O–H groups in total. The smallest absolute Gasteiger partial charge is 0.123 e. The van der Waals surface area contributed by atoms with Gasteiger partial charge in [-0.1, -0.05) is 26.8 Å². The summed E-state index contributed by atoms with van der Waals surface area (Å²) in [7, 11) is 1.88. The normalized spacial score (nSPS) is 13.5. The van der Waals surface area contributed by atoms with E-state index in [0.29, 0.717) is 0 Å². The second-order valence-corrected chi connectivity index (χ2v) is 6.93. The number of nitrogens with zero attached hydrogens (tertiary/aromatic N) is 1. The first-order chi connectivity index (χ1) is 9.32. The van der Waals surface area contributed by atoms with Gasteiger partial charge in [-0.05, 0) is 37.2 Å². The molecule has 2 aromatic rings. The van der Waals surface area contributed by atoms with Crippen LogP contribution in [0.1, 0.15) is 48.6 Å². The van der Waals surface area contributed by atoms with Gasteiger partial charge in [0.25, 0.3) is 0 Å². The number of rotatable bonds is 3. The Bertz CT molecular complexity index is 599. The van der Waals surface area contributed by atoms with Gasteiger partial charge in [0, 0.05) is 10.8 Å². The van der Waals surface area contributed by atoms with Crippen LogP contribution in [0.5, 0.6) is 0 Å². The van der Waals surface area contributed by atoms with Crippen molar-refractivity contribution < 1.29 is 4.39 Å². The molecule has 0 fully saturated rings. The van der Waals surface area contributed by atoms with Crippen LogP contribution in [0.3, 0.4) is 0 Å². The molecule has 0 bridgehead atoms. The standard InChI is InChI=1S/C16H21FN2S/c1-10-6-7-11(17)8-12(10)14(18-5)15-19-13(9-20-15)16(2,3)4/h6-9,14,18H,1-5H3. The van der Waals surface area contributed by atoms with E-state index in [0.717, 1.165) is 21.8 Å². The third-order valence-corrected chi connectivity index (χ3v) is 4.29. The average molecular weight is 292 g/mol. The molecule has 0 aliphatic heterocycles. The van der Waals surface area contributed by atoms with E-state index in [1.165, 1.54) is 6.07 Å². The van der Waals surface area contributed by atoms with Crippen molar-refractivity contribution in [3.05, 3.63) is 51.2 Å². The number of aryl methyl sites for hydroxylation is 1. The molecule has 0 saturated heterocycles. The van der Waals surface area contributed by atoms with Gasteiger partial charge in [0.05, 0.1) is 11.7 Å². The Morgan fingerprint density at radius 1 is 1.30 bits per heavy atom. The summed E-state index contributed by atoms with van der Waals surface area (Å²) in [5, 5.41) is 6.32. The predicted molar refractivity (Wildman–Crippen MR) is 82.9 cm³/mol. The maximum atomic E-state index is 13.5. The number of thiazole rings is 1. The molecule has 108 valence electrons. The van der Waals surface area contributed by atoms with E-state index in [-0.39, 0.29) is 17.3 Å². The number of nitrogens with one attached hydrogen (secondary N) is 1. The zero-order valence-corrected chi connectivity index (χ0v) is 13.4. The van der Waals surface area contributed by atoms with Gasteiger partial charge in [-0.3, -0.25) is 0 Å². The average Bonchev–Trinajstić information content (AvgIpc) is 2.84. The molecule has 2 rings (SSSR count). The van der Waals surface area contributed by atoms with Crippen LogP contribution in [-0.4, -0.2) is 12.0 Å². The van der Waals surface area contributed by atoms with Crippen molar-refractivity contribution in [3.8, 4) is 0 Å². The van der Waals surface area contributed by atoms with Gasteiger partial charge in [0.2, 0.25) is 0 Å². The first kappa shape index (κ1) is 15.1. The Kier molecular flexibility index (Phi) is 4.25. The lowest BCUT2D eigenvalue weighted by Gasteiger charge is -2.18. The molecule has 0 aliphatic carbocycles. The molecule has 4 heteroatoms. The molecule has 1 atom stereocenters. The molecule has 20 heavy (non-hydrogen) atoms. The van der Waals surface area contributed by atoms with Gasteiger partial charge in [-0.2, -0.15) is 0 Å². The largest absolute Gasteiger partial charge is 0.307 e. The quantitative estimate of drug-likeness (QED) is 0.917. The van der Waals surface area contributed by atoms with Crippen molar-refractivity contribution in [1.29, 1.82) is 0 Å². The van der Waals surface area contributed by atoms with Gasteiger partial charge in [0.1, 0.15) is 10.8 Å². The van der Waals surface area contributed by atoms with E-state index in [2.05, 4.69) is 31.5 Å². The van der Waals surface area contributed by atoms with Crippen LogP contribution in [0.2, 0.25) is 0 Å². The highest BCUT2D eigenvalue weighted by Crippen LogP contribution is 2.31. The Morgan fingerprint density at radius 2 is 2.00 bits per heavy atom. The van der Waals surface area contributed by atoms with Crippen molar-refractivity contribution in [2.45, 2.75) is 39.2 Å². The van der Waals surface area contributed by atoms with Crippen molar-refractivity contribution in [3.63, 3.8) is 0 Å². The lowest BCUT2D eigenvalue weighted by atomic mass is 9.93. The summed E-state index contributed by atoms with van der Waals surface area (Å²) < 4.78 is 13.5. The molecule has 1 heterocycles. The minimum Gasteiger partial charge on any atom is -0.307 e. The lowest BCUT2D eigenvalue weighted by molar-refractivity contribution is 0.565. The van der Waals surface area contributed by atoms with Crippen LogP contribution in [0.25, 0.3) is 0 Å². The molecule has 0 saturated carbocycles. The summed E-state index contributed by atoms with van der Waals surface area (Å²) in [6.45, 7) is 8.44. The van der Waals surface area contributed by atoms with Gasteiger partial charge < -0.3 is 5.32 Å². The van der Waals surface area contributed by atoms with Gasteiger partial charge >= 0.3 is 0 Å². The monoisotopic (exact) mass is 292 g/mol. The van der Waals surface area contributed by atoms with E-state index in [4.69, 9.17) is 4.98 Å². The fourth-order valence-corrected chi connectivity index (χ4v) is 3.27. The predicted octanol–water partition coefficient (Wildman–Crippen LogP) is 4.20. The van der Waals surface area contributed by atoms with Crippen LogP contribution in [0.4, 0.5) is 4.39 Å². The first-order valence-electron chi connectivity index (χ1n) is 6.72. The van der Waals surface area contributed by atoms with Crippen molar-refractivity contribution in [2.24, 2.45) is 0 Å². The number of halogens is 1. The van der Waals surface area contributed by atoms with Gasteiger partial charge in [0.15, 0.2) is 0 Å². The van der Waals surface area contributed by atoms with E-state index in [9.17, 15) is 4.39 Å². The Labute approximate surface area is 124 Å². The molecule has 0 aliphatic rings. The molecule has 0 radical (unpaired) electrons. The van der Waals surface area contributed by atoms with Gasteiger partial charge in [-0.25, -0.2) is 9.37 Å². The minimum absolute atomic E-state index is 0.0318. The van der Waals surface area contributed by atoms with Crippen LogP contribution < -0.4 is 5.32 Å². The van der Waals surface area contributed by atoms with Crippen LogP contribution in [0.15, 0.2) is 23.6 Å². The van der Waals surface area contributed by atoms with E-state index in [1.54, 1.807) is 17.4 Å². The second-order valence-electron chi connectivity index (χ2n) is 6.04. The summed E-state index contributed by atoms with van der Waals surface area (Å²) in [5.74, 6) is -0.210. The highest BCUT2D eigenvalue weighted by molar-refractivity contribution is 7.09. The summed E-state index contributed by atoms with van der Waals surface area (Å²) in [6, 6.07) is 4.84.